The summed E-state index contributed by atoms with van der Waals surface area (Å²) in [5.41, 5.74) is 6.26. The van der Waals surface area contributed by atoms with Gasteiger partial charge in [0.2, 0.25) is 12.5 Å². The highest BCUT2D eigenvalue weighted by atomic mass is 32.2. The van der Waals surface area contributed by atoms with Crippen LogP contribution in [-0.4, -0.2) is 25.0 Å². The van der Waals surface area contributed by atoms with Gasteiger partial charge in [-0.25, -0.2) is 0 Å². The van der Waals surface area contributed by atoms with Crippen molar-refractivity contribution in [1.82, 2.24) is 0 Å². The van der Waals surface area contributed by atoms with Gasteiger partial charge >= 0.3 is 0 Å². The molecule has 6 nitrogen and oxygen atoms in total. The van der Waals surface area contributed by atoms with Crippen LogP contribution in [0, 0.1) is 0 Å². The fourth-order valence-corrected chi connectivity index (χ4v) is 2.49. The van der Waals surface area contributed by atoms with E-state index < -0.39 is 0 Å². The van der Waals surface area contributed by atoms with E-state index in [4.69, 9.17) is 19.9 Å². The lowest BCUT2D eigenvalue weighted by atomic mass is 10.1. The van der Waals surface area contributed by atoms with Crippen molar-refractivity contribution < 1.29 is 19.0 Å². The van der Waals surface area contributed by atoms with E-state index in [0.717, 1.165) is 17.3 Å². The summed E-state index contributed by atoms with van der Waals surface area (Å²) >= 11 is 1.14. The number of nitrogens with two attached hydrogens (primary N) is 1. The minimum absolute atomic E-state index is 0.162. The molecule has 0 bridgehead atoms. The van der Waals surface area contributed by atoms with Gasteiger partial charge in [-0.3, -0.25) is 4.79 Å². The lowest BCUT2D eigenvalue weighted by Crippen LogP contribution is -2.01. The Labute approximate surface area is 113 Å². The van der Waals surface area contributed by atoms with Crippen LogP contribution in [0.4, 0.5) is 0 Å². The van der Waals surface area contributed by atoms with Gasteiger partial charge in [0.1, 0.15) is 0 Å². The first-order valence-electron chi connectivity index (χ1n) is 5.43. The van der Waals surface area contributed by atoms with Gasteiger partial charge in [0.15, 0.2) is 16.7 Å². The van der Waals surface area contributed by atoms with Crippen LogP contribution in [0.15, 0.2) is 22.0 Å². The number of hydrogen-bond donors (Lipinski definition) is 1. The Morgan fingerprint density at radius 2 is 2.32 bits per heavy atom. The summed E-state index contributed by atoms with van der Waals surface area (Å²) in [5.74, 6) is 1.40. The third kappa shape index (κ3) is 2.12. The Kier molecular flexibility index (Phi) is 2.83. The first kappa shape index (κ1) is 11.9. The van der Waals surface area contributed by atoms with E-state index in [-0.39, 0.29) is 17.9 Å². The number of amidine groups is 1. The number of thioether (sulfide) groups is 1. The molecule has 0 unspecified atom stereocenters. The van der Waals surface area contributed by atoms with Crippen molar-refractivity contribution in [3.63, 3.8) is 0 Å². The van der Waals surface area contributed by atoms with Crippen molar-refractivity contribution in [2.24, 2.45) is 10.7 Å². The molecule has 0 atom stereocenters. The summed E-state index contributed by atoms with van der Waals surface area (Å²) in [4.78, 5) is 15.6. The number of fused-ring (bicyclic) bond motifs is 1. The maximum Gasteiger partial charge on any atom is 0.286 e. The molecule has 0 radical (unpaired) electrons. The highest BCUT2D eigenvalue weighted by Gasteiger charge is 2.22. The van der Waals surface area contributed by atoms with E-state index in [1.807, 2.05) is 0 Å². The molecule has 2 aliphatic heterocycles. The zero-order valence-corrected chi connectivity index (χ0v) is 10.8. The number of nitrogens with zero attached hydrogens (tertiary/aromatic N) is 1. The van der Waals surface area contributed by atoms with Crippen molar-refractivity contribution in [1.29, 1.82) is 0 Å². The van der Waals surface area contributed by atoms with Crippen LogP contribution in [0.3, 0.4) is 0 Å². The van der Waals surface area contributed by atoms with Gasteiger partial charge in [0.25, 0.3) is 5.91 Å². The molecule has 7 heteroatoms. The van der Waals surface area contributed by atoms with Crippen LogP contribution in [0.5, 0.6) is 17.2 Å². The van der Waals surface area contributed by atoms with Gasteiger partial charge in [-0.05, 0) is 35.5 Å². The fourth-order valence-electron chi connectivity index (χ4n) is 1.81. The van der Waals surface area contributed by atoms with Crippen LogP contribution in [0.25, 0.3) is 6.08 Å². The molecule has 2 N–H and O–H groups in total. The smallest absolute Gasteiger partial charge is 0.286 e. The quantitative estimate of drug-likeness (QED) is 0.822. The average molecular weight is 278 g/mol. The molecule has 3 rings (SSSR count). The van der Waals surface area contributed by atoms with Crippen molar-refractivity contribution in [2.45, 2.75) is 0 Å². The van der Waals surface area contributed by atoms with Crippen LogP contribution >= 0.6 is 11.8 Å². The van der Waals surface area contributed by atoms with E-state index in [0.29, 0.717) is 22.2 Å². The molecular formula is C12H10N2O4S. The van der Waals surface area contributed by atoms with E-state index >= 15 is 0 Å². The number of amides is 1. The minimum atomic E-state index is -0.334. The Morgan fingerprint density at radius 1 is 1.47 bits per heavy atom. The molecule has 1 aromatic rings. The van der Waals surface area contributed by atoms with Crippen molar-refractivity contribution in [3.05, 3.63) is 22.6 Å². The first-order valence-corrected chi connectivity index (χ1v) is 6.24. The lowest BCUT2D eigenvalue weighted by Gasteiger charge is -2.06. The number of carbonyl (C=O) groups excluding carboxylic acids is 1. The predicted molar refractivity (Wildman–Crippen MR) is 71.3 cm³/mol. The van der Waals surface area contributed by atoms with Gasteiger partial charge in [0.05, 0.1) is 12.0 Å². The molecule has 19 heavy (non-hydrogen) atoms. The number of hydrogen-bond acceptors (Lipinski definition) is 6. The number of benzene rings is 1. The molecule has 2 aliphatic rings. The zero-order valence-electron chi connectivity index (χ0n) is 10.0. The summed E-state index contributed by atoms with van der Waals surface area (Å²) in [6.07, 6.45) is 1.70. The SMILES string of the molecule is COc1cc(C=C2SC(N)=NC2=O)cc2c1OCO2. The van der Waals surface area contributed by atoms with E-state index in [1.54, 1.807) is 25.3 Å². The summed E-state index contributed by atoms with van der Waals surface area (Å²) in [7, 11) is 1.55. The predicted octanol–water partition coefficient (Wildman–Crippen LogP) is 1.35. The number of carbonyl (C=O) groups is 1. The number of ether oxygens (including phenoxy) is 3. The molecular weight excluding hydrogens is 268 g/mol. The van der Waals surface area contributed by atoms with Crippen molar-refractivity contribution in [2.75, 3.05) is 13.9 Å². The fraction of sp³-hybridized carbons (Fsp3) is 0.167. The van der Waals surface area contributed by atoms with Gasteiger partial charge in [-0.1, -0.05) is 0 Å². The summed E-state index contributed by atoms with van der Waals surface area (Å²) in [6, 6.07) is 3.54. The maximum atomic E-state index is 11.5. The molecule has 0 aromatic heterocycles. The number of methoxy groups -OCH3 is 1. The third-order valence-electron chi connectivity index (χ3n) is 2.62. The first-order chi connectivity index (χ1) is 9.17. The average Bonchev–Trinajstić information content (AvgIpc) is 2.95. The highest BCUT2D eigenvalue weighted by molar-refractivity contribution is 8.18. The lowest BCUT2D eigenvalue weighted by molar-refractivity contribution is -0.113. The molecule has 0 aliphatic carbocycles. The van der Waals surface area contributed by atoms with E-state index in [2.05, 4.69) is 4.99 Å². The van der Waals surface area contributed by atoms with Gasteiger partial charge in [-0.2, -0.15) is 4.99 Å². The summed E-state index contributed by atoms with van der Waals surface area (Å²) < 4.78 is 15.8. The number of rotatable bonds is 2. The second-order valence-corrected chi connectivity index (χ2v) is 4.89. The minimum Gasteiger partial charge on any atom is -0.493 e. The Morgan fingerprint density at radius 3 is 3.00 bits per heavy atom. The molecule has 0 saturated heterocycles. The monoisotopic (exact) mass is 278 g/mol. The van der Waals surface area contributed by atoms with E-state index in [1.165, 1.54) is 0 Å². The molecule has 98 valence electrons. The number of aliphatic imine (C=N–C) groups is 1. The molecule has 0 fully saturated rings. The Hall–Kier alpha value is -2.15. The van der Waals surface area contributed by atoms with Crippen molar-refractivity contribution >= 4 is 28.9 Å². The van der Waals surface area contributed by atoms with E-state index in [9.17, 15) is 4.79 Å². The van der Waals surface area contributed by atoms with Gasteiger partial charge in [0, 0.05) is 0 Å². The molecule has 2 heterocycles. The van der Waals surface area contributed by atoms with Gasteiger partial charge in [-0.15, -0.1) is 0 Å². The highest BCUT2D eigenvalue weighted by Crippen LogP contribution is 2.42. The third-order valence-corrected chi connectivity index (χ3v) is 3.43. The standard InChI is InChI=1S/C12H10N2O4S/c1-16-7-2-6(3-8-10(7)18-5-17-8)4-9-11(15)14-12(13)19-9/h2-4H,5H2,1H3,(H2,13,14,15). The second-order valence-electron chi connectivity index (χ2n) is 3.82. The van der Waals surface area contributed by atoms with Crippen LogP contribution in [0.1, 0.15) is 5.56 Å². The van der Waals surface area contributed by atoms with Crippen LogP contribution in [-0.2, 0) is 4.79 Å². The van der Waals surface area contributed by atoms with Gasteiger partial charge < -0.3 is 19.9 Å². The van der Waals surface area contributed by atoms with Crippen LogP contribution < -0.4 is 19.9 Å². The summed E-state index contributed by atoms with van der Waals surface area (Å²) in [6.45, 7) is 0.162. The zero-order chi connectivity index (χ0) is 13.4. The Balaban J connectivity index is 1.99. The molecule has 1 aromatic carbocycles. The second kappa shape index (κ2) is 4.51. The summed E-state index contributed by atoms with van der Waals surface area (Å²) in [5, 5.41) is 0.254. The maximum absolute atomic E-state index is 11.5. The van der Waals surface area contributed by atoms with Crippen molar-refractivity contribution in [3.8, 4) is 17.2 Å². The molecule has 0 saturated carbocycles. The normalized spacial score (nSPS) is 18.9. The van der Waals surface area contributed by atoms with Crippen LogP contribution in [0.2, 0.25) is 0 Å². The molecule has 1 amide bonds. The largest absolute Gasteiger partial charge is 0.493 e. The molecule has 0 spiro atoms. The Bertz CT molecular complexity index is 624. The topological polar surface area (TPSA) is 83.1 Å².